The van der Waals surface area contributed by atoms with Gasteiger partial charge in [-0.05, 0) is 15.9 Å². The lowest BCUT2D eigenvalue weighted by Crippen LogP contribution is -2.04. The predicted octanol–water partition coefficient (Wildman–Crippen LogP) is 1.13. The Balaban J connectivity index is 2.94. The Kier molecular flexibility index (Phi) is 2.84. The molecule has 0 amide bonds. The van der Waals surface area contributed by atoms with E-state index in [1.165, 1.54) is 0 Å². The van der Waals surface area contributed by atoms with Gasteiger partial charge in [-0.2, -0.15) is 10.4 Å². The van der Waals surface area contributed by atoms with Crippen LogP contribution < -0.4 is 0 Å². The molecule has 0 aliphatic rings. The third kappa shape index (κ3) is 1.65. The Hall–Kier alpha value is -0.860. The highest BCUT2D eigenvalue weighted by Crippen LogP contribution is 2.23. The van der Waals surface area contributed by atoms with Gasteiger partial charge in [-0.3, -0.25) is 4.68 Å². The lowest BCUT2D eigenvalue weighted by molar-refractivity contribution is 0.172. The van der Waals surface area contributed by atoms with E-state index in [1.54, 1.807) is 17.9 Å². The van der Waals surface area contributed by atoms with Crippen molar-refractivity contribution in [2.45, 2.75) is 12.5 Å². The summed E-state index contributed by atoms with van der Waals surface area (Å²) in [5.41, 5.74) is 0.636. The summed E-state index contributed by atoms with van der Waals surface area (Å²) in [6, 6.07) is 1.90. The molecule has 0 radical (unpaired) electrons. The maximum Gasteiger partial charge on any atom is 0.110 e. The molecule has 0 bridgehead atoms. The fourth-order valence-corrected chi connectivity index (χ4v) is 1.59. The zero-order chi connectivity index (χ0) is 9.14. The summed E-state index contributed by atoms with van der Waals surface area (Å²) in [6.07, 6.45) is 0.908. The van der Waals surface area contributed by atoms with Crippen LogP contribution in [0.1, 0.15) is 18.2 Å². The van der Waals surface area contributed by atoms with Crippen molar-refractivity contribution in [2.24, 2.45) is 7.05 Å². The van der Waals surface area contributed by atoms with Crippen molar-refractivity contribution in [1.82, 2.24) is 9.78 Å². The van der Waals surface area contributed by atoms with Gasteiger partial charge in [0.2, 0.25) is 0 Å². The van der Waals surface area contributed by atoms with Crippen LogP contribution >= 0.6 is 15.9 Å². The third-order valence-electron chi connectivity index (χ3n) is 1.54. The molecule has 4 nitrogen and oxygen atoms in total. The average molecular weight is 230 g/mol. The van der Waals surface area contributed by atoms with Crippen LogP contribution in [0.3, 0.4) is 0 Å². The number of aryl methyl sites for hydroxylation is 1. The maximum absolute atomic E-state index is 9.46. The Bertz CT molecular complexity index is 295. The van der Waals surface area contributed by atoms with E-state index < -0.39 is 6.10 Å². The predicted molar refractivity (Wildman–Crippen MR) is 46.1 cm³/mol. The maximum atomic E-state index is 9.46. The molecule has 0 saturated carbocycles. The van der Waals surface area contributed by atoms with E-state index in [0.717, 1.165) is 4.47 Å². The van der Waals surface area contributed by atoms with Crippen LogP contribution in [0.25, 0.3) is 0 Å². The molecule has 0 aromatic carbocycles. The van der Waals surface area contributed by atoms with E-state index in [2.05, 4.69) is 21.0 Å². The van der Waals surface area contributed by atoms with Gasteiger partial charge in [-0.1, -0.05) is 0 Å². The van der Waals surface area contributed by atoms with Crippen LogP contribution in [0.2, 0.25) is 0 Å². The van der Waals surface area contributed by atoms with E-state index in [-0.39, 0.29) is 6.42 Å². The number of nitrogens with zero attached hydrogens (tertiary/aromatic N) is 3. The van der Waals surface area contributed by atoms with Gasteiger partial charge in [0.05, 0.1) is 28.9 Å². The highest BCUT2D eigenvalue weighted by atomic mass is 79.9. The SMILES string of the molecule is Cn1ncc(Br)c1C(O)CC#N. The van der Waals surface area contributed by atoms with E-state index in [4.69, 9.17) is 5.26 Å². The first kappa shape index (κ1) is 9.23. The van der Waals surface area contributed by atoms with Gasteiger partial charge in [0.15, 0.2) is 0 Å². The van der Waals surface area contributed by atoms with Crippen LogP contribution in [-0.2, 0) is 7.05 Å². The number of aromatic nitrogens is 2. The average Bonchev–Trinajstić information content (AvgIpc) is 2.32. The summed E-state index contributed by atoms with van der Waals surface area (Å²) >= 11 is 3.23. The second-order valence-electron chi connectivity index (χ2n) is 2.38. The number of aliphatic hydroxyl groups is 1. The fourth-order valence-electron chi connectivity index (χ4n) is 0.978. The molecule has 0 fully saturated rings. The third-order valence-corrected chi connectivity index (χ3v) is 2.15. The quantitative estimate of drug-likeness (QED) is 0.828. The van der Waals surface area contributed by atoms with Crippen molar-refractivity contribution in [3.63, 3.8) is 0 Å². The van der Waals surface area contributed by atoms with Crippen molar-refractivity contribution in [2.75, 3.05) is 0 Å². The lowest BCUT2D eigenvalue weighted by Gasteiger charge is -2.06. The van der Waals surface area contributed by atoms with Crippen LogP contribution in [-0.4, -0.2) is 14.9 Å². The Morgan fingerprint density at radius 3 is 3.00 bits per heavy atom. The Morgan fingerprint density at radius 1 is 1.92 bits per heavy atom. The van der Waals surface area contributed by atoms with Gasteiger partial charge in [0.1, 0.15) is 6.10 Å². The zero-order valence-electron chi connectivity index (χ0n) is 6.53. The van der Waals surface area contributed by atoms with Gasteiger partial charge in [0.25, 0.3) is 0 Å². The molecule has 1 aromatic rings. The molecule has 0 spiro atoms. The molecule has 1 rings (SSSR count). The van der Waals surface area contributed by atoms with E-state index >= 15 is 0 Å². The summed E-state index contributed by atoms with van der Waals surface area (Å²) < 4.78 is 2.28. The van der Waals surface area contributed by atoms with E-state index in [1.807, 2.05) is 6.07 Å². The van der Waals surface area contributed by atoms with E-state index in [9.17, 15) is 5.11 Å². The van der Waals surface area contributed by atoms with Gasteiger partial charge in [0, 0.05) is 7.05 Å². The minimum atomic E-state index is -0.767. The smallest absolute Gasteiger partial charge is 0.110 e. The summed E-state index contributed by atoms with van der Waals surface area (Å²) in [4.78, 5) is 0. The standard InChI is InChI=1S/C7H8BrN3O/c1-11-7(5(8)4-10-11)6(12)2-3-9/h4,6,12H,2H2,1H3. The molecule has 1 heterocycles. The second-order valence-corrected chi connectivity index (χ2v) is 3.23. The highest BCUT2D eigenvalue weighted by Gasteiger charge is 2.15. The van der Waals surface area contributed by atoms with Crippen LogP contribution in [0, 0.1) is 11.3 Å². The van der Waals surface area contributed by atoms with Crippen LogP contribution in [0.4, 0.5) is 0 Å². The van der Waals surface area contributed by atoms with E-state index in [0.29, 0.717) is 5.69 Å². The molecule has 0 aliphatic carbocycles. The van der Waals surface area contributed by atoms with Gasteiger partial charge < -0.3 is 5.11 Å². The summed E-state index contributed by atoms with van der Waals surface area (Å²) in [5.74, 6) is 0. The number of hydrogen-bond acceptors (Lipinski definition) is 3. The van der Waals surface area contributed by atoms with Crippen molar-refractivity contribution in [1.29, 1.82) is 5.26 Å². The first-order valence-corrected chi connectivity index (χ1v) is 4.18. The first-order valence-electron chi connectivity index (χ1n) is 3.39. The summed E-state index contributed by atoms with van der Waals surface area (Å²) in [7, 11) is 1.72. The summed E-state index contributed by atoms with van der Waals surface area (Å²) in [5, 5.41) is 21.7. The van der Waals surface area contributed by atoms with Crippen molar-refractivity contribution in [3.05, 3.63) is 16.4 Å². The second kappa shape index (κ2) is 3.70. The number of halogens is 1. The summed E-state index contributed by atoms with van der Waals surface area (Å²) in [6.45, 7) is 0. The normalized spacial score (nSPS) is 12.5. The molecular weight excluding hydrogens is 222 g/mol. The van der Waals surface area contributed by atoms with Gasteiger partial charge in [-0.15, -0.1) is 0 Å². The number of hydrogen-bond donors (Lipinski definition) is 1. The Morgan fingerprint density at radius 2 is 2.58 bits per heavy atom. The molecule has 0 saturated heterocycles. The first-order chi connectivity index (χ1) is 5.66. The fraction of sp³-hybridized carbons (Fsp3) is 0.429. The molecule has 1 N–H and O–H groups in total. The number of rotatable bonds is 2. The lowest BCUT2D eigenvalue weighted by atomic mass is 10.2. The van der Waals surface area contributed by atoms with Crippen LogP contribution in [0.5, 0.6) is 0 Å². The number of nitriles is 1. The zero-order valence-corrected chi connectivity index (χ0v) is 8.11. The minimum absolute atomic E-state index is 0.0815. The molecule has 5 heteroatoms. The van der Waals surface area contributed by atoms with Gasteiger partial charge in [-0.25, -0.2) is 0 Å². The molecule has 0 aliphatic heterocycles. The molecule has 1 aromatic heterocycles. The van der Waals surface area contributed by atoms with Crippen LogP contribution in [0.15, 0.2) is 10.7 Å². The van der Waals surface area contributed by atoms with Crippen molar-refractivity contribution in [3.8, 4) is 6.07 Å². The molecule has 1 unspecified atom stereocenters. The molecule has 12 heavy (non-hydrogen) atoms. The Labute approximate surface area is 78.6 Å². The minimum Gasteiger partial charge on any atom is -0.386 e. The monoisotopic (exact) mass is 229 g/mol. The highest BCUT2D eigenvalue weighted by molar-refractivity contribution is 9.10. The molecule has 64 valence electrons. The van der Waals surface area contributed by atoms with Crippen molar-refractivity contribution < 1.29 is 5.11 Å². The molecule has 1 atom stereocenters. The largest absolute Gasteiger partial charge is 0.386 e. The van der Waals surface area contributed by atoms with Gasteiger partial charge >= 0.3 is 0 Å². The number of aliphatic hydroxyl groups excluding tert-OH is 1. The molecular formula is C7H8BrN3O. The topological polar surface area (TPSA) is 61.8 Å². The van der Waals surface area contributed by atoms with Crippen molar-refractivity contribution >= 4 is 15.9 Å².